The van der Waals surface area contributed by atoms with Crippen molar-refractivity contribution in [3.63, 3.8) is 0 Å². The van der Waals surface area contributed by atoms with E-state index in [9.17, 15) is 9.59 Å². The van der Waals surface area contributed by atoms with Crippen LogP contribution in [0.15, 0.2) is 0 Å². The molecule has 1 amide bonds. The molecule has 2 atom stereocenters. The van der Waals surface area contributed by atoms with Gasteiger partial charge in [0.15, 0.2) is 0 Å². The highest BCUT2D eigenvalue weighted by molar-refractivity contribution is 5.75. The lowest BCUT2D eigenvalue weighted by Crippen LogP contribution is -2.49. The molecule has 1 rings (SSSR count). The molecule has 0 saturated carbocycles. The Bertz CT molecular complexity index is 384. The van der Waals surface area contributed by atoms with Crippen LogP contribution in [-0.2, 0) is 19.0 Å². The van der Waals surface area contributed by atoms with Crippen molar-refractivity contribution in [2.45, 2.75) is 78.2 Å². The van der Waals surface area contributed by atoms with Gasteiger partial charge in [-0.15, -0.1) is 0 Å². The second-order valence-corrected chi connectivity index (χ2v) is 7.94. The third-order valence-corrected chi connectivity index (χ3v) is 3.39. The van der Waals surface area contributed by atoms with Crippen molar-refractivity contribution >= 4 is 12.1 Å². The van der Waals surface area contributed by atoms with Crippen molar-refractivity contribution < 1.29 is 23.8 Å². The average Bonchev–Trinajstić information content (AvgIpc) is 2.56. The molecule has 0 spiro atoms. The number of carbonyl (C=O) groups excluding carboxylic acids is 2. The smallest absolute Gasteiger partial charge is 0.412 e. The number of rotatable bonds is 2. The highest BCUT2D eigenvalue weighted by atomic mass is 16.6. The number of hydrogen-bond acceptors (Lipinski definition) is 5. The van der Waals surface area contributed by atoms with Gasteiger partial charge in [-0.05, 0) is 54.4 Å². The van der Waals surface area contributed by atoms with Crippen molar-refractivity contribution in [2.75, 3.05) is 13.7 Å². The summed E-state index contributed by atoms with van der Waals surface area (Å²) in [5, 5.41) is 0. The largest absolute Gasteiger partial charge is 0.460 e. The van der Waals surface area contributed by atoms with E-state index in [1.165, 1.54) is 12.0 Å². The summed E-state index contributed by atoms with van der Waals surface area (Å²) in [5.74, 6) is -0.839. The molecule has 0 radical (unpaired) electrons. The van der Waals surface area contributed by atoms with Crippen molar-refractivity contribution in [2.24, 2.45) is 5.92 Å². The maximum atomic E-state index is 12.5. The average molecular weight is 329 g/mol. The van der Waals surface area contributed by atoms with Gasteiger partial charge in [0, 0.05) is 13.7 Å². The molecule has 1 aliphatic rings. The second-order valence-electron chi connectivity index (χ2n) is 7.94. The van der Waals surface area contributed by atoms with Crippen LogP contribution in [0.25, 0.3) is 0 Å². The number of esters is 1. The molecule has 23 heavy (non-hydrogen) atoms. The van der Waals surface area contributed by atoms with Gasteiger partial charge in [0.05, 0.1) is 0 Å². The fourth-order valence-corrected chi connectivity index (χ4v) is 2.55. The van der Waals surface area contributed by atoms with Crippen molar-refractivity contribution in [1.29, 1.82) is 0 Å². The third-order valence-electron chi connectivity index (χ3n) is 3.39. The lowest BCUT2D eigenvalue weighted by Gasteiger charge is -2.35. The summed E-state index contributed by atoms with van der Waals surface area (Å²) < 4.78 is 16.4. The number of hydrogen-bond donors (Lipinski definition) is 0. The Hall–Kier alpha value is -1.30. The fourth-order valence-electron chi connectivity index (χ4n) is 2.55. The summed E-state index contributed by atoms with van der Waals surface area (Å²) in [6, 6.07) is 0. The van der Waals surface area contributed by atoms with Crippen LogP contribution < -0.4 is 0 Å². The predicted molar refractivity (Wildman–Crippen MR) is 86.9 cm³/mol. The van der Waals surface area contributed by atoms with E-state index in [0.29, 0.717) is 13.0 Å². The zero-order chi connectivity index (χ0) is 17.8. The number of ether oxygens (including phenoxy) is 3. The number of likely N-dealkylation sites (tertiary alicyclic amines) is 1. The summed E-state index contributed by atoms with van der Waals surface area (Å²) in [7, 11) is 1.50. The lowest BCUT2D eigenvalue weighted by molar-refractivity contribution is -0.170. The van der Waals surface area contributed by atoms with Crippen LogP contribution in [0.1, 0.15) is 60.8 Å². The molecule has 1 unspecified atom stereocenters. The summed E-state index contributed by atoms with van der Waals surface area (Å²) in [4.78, 5) is 26.5. The van der Waals surface area contributed by atoms with Gasteiger partial charge in [0.2, 0.25) is 0 Å². The molecular weight excluding hydrogens is 298 g/mol. The van der Waals surface area contributed by atoms with Crippen LogP contribution in [0.2, 0.25) is 0 Å². The van der Waals surface area contributed by atoms with Gasteiger partial charge in [-0.25, -0.2) is 4.79 Å². The SMILES string of the molecule is COC1[C@H](C(=O)OC(C)(C)C)CCCCN1C(=O)OC(C)(C)C. The third kappa shape index (κ3) is 6.37. The highest BCUT2D eigenvalue weighted by Crippen LogP contribution is 2.28. The number of amides is 1. The molecule has 1 fully saturated rings. The minimum Gasteiger partial charge on any atom is -0.460 e. The Morgan fingerprint density at radius 3 is 2.00 bits per heavy atom. The van der Waals surface area contributed by atoms with Gasteiger partial charge in [0.25, 0.3) is 0 Å². The van der Waals surface area contributed by atoms with Crippen LogP contribution in [-0.4, -0.2) is 48.0 Å². The zero-order valence-electron chi connectivity index (χ0n) is 15.5. The van der Waals surface area contributed by atoms with E-state index >= 15 is 0 Å². The second kappa shape index (κ2) is 7.51. The highest BCUT2D eigenvalue weighted by Gasteiger charge is 2.40. The van der Waals surface area contributed by atoms with Gasteiger partial charge < -0.3 is 14.2 Å². The number of methoxy groups -OCH3 is 1. The standard InChI is InChI=1S/C17H31NO5/c1-16(2,3)22-14(19)12-10-8-9-11-18(13(12)21-7)15(20)23-17(4,5)6/h12-13H,8-11H2,1-7H3/t12-,13?/m1/s1. The van der Waals surface area contributed by atoms with Gasteiger partial charge in [-0.3, -0.25) is 9.69 Å². The number of nitrogens with zero attached hydrogens (tertiary/aromatic N) is 1. The van der Waals surface area contributed by atoms with E-state index in [1.807, 2.05) is 41.5 Å². The van der Waals surface area contributed by atoms with Crippen LogP contribution in [0.3, 0.4) is 0 Å². The molecule has 0 aromatic rings. The summed E-state index contributed by atoms with van der Waals surface area (Å²) in [6.07, 6.45) is 1.15. The van der Waals surface area contributed by atoms with E-state index in [2.05, 4.69) is 0 Å². The Morgan fingerprint density at radius 1 is 0.957 bits per heavy atom. The van der Waals surface area contributed by atoms with E-state index in [1.54, 1.807) is 0 Å². The molecule has 1 aliphatic heterocycles. The summed E-state index contributed by atoms with van der Waals surface area (Å²) >= 11 is 0. The Kier molecular flexibility index (Phi) is 6.45. The van der Waals surface area contributed by atoms with E-state index in [0.717, 1.165) is 12.8 Å². The molecule has 0 aromatic heterocycles. The predicted octanol–water partition coefficient (Wildman–Crippen LogP) is 3.34. The molecule has 6 heteroatoms. The maximum Gasteiger partial charge on any atom is 0.412 e. The lowest BCUT2D eigenvalue weighted by atomic mass is 10.0. The number of carbonyl (C=O) groups is 2. The first-order chi connectivity index (χ1) is 10.4. The molecule has 6 nitrogen and oxygen atoms in total. The van der Waals surface area contributed by atoms with E-state index in [4.69, 9.17) is 14.2 Å². The van der Waals surface area contributed by atoms with E-state index < -0.39 is 29.4 Å². The molecule has 0 aliphatic carbocycles. The molecule has 1 saturated heterocycles. The fraction of sp³-hybridized carbons (Fsp3) is 0.882. The molecule has 0 N–H and O–H groups in total. The molecule has 134 valence electrons. The summed E-state index contributed by atoms with van der Waals surface area (Å²) in [5.41, 5.74) is -1.17. The normalized spacial score (nSPS) is 23.2. The van der Waals surface area contributed by atoms with Gasteiger partial charge in [-0.2, -0.15) is 0 Å². The molecule has 0 aromatic carbocycles. The van der Waals surface area contributed by atoms with Gasteiger partial charge in [-0.1, -0.05) is 6.42 Å². The monoisotopic (exact) mass is 329 g/mol. The van der Waals surface area contributed by atoms with Gasteiger partial charge >= 0.3 is 12.1 Å². The zero-order valence-corrected chi connectivity index (χ0v) is 15.5. The first-order valence-electron chi connectivity index (χ1n) is 8.20. The van der Waals surface area contributed by atoms with Crippen LogP contribution in [0.5, 0.6) is 0 Å². The van der Waals surface area contributed by atoms with Crippen molar-refractivity contribution in [3.8, 4) is 0 Å². The van der Waals surface area contributed by atoms with Crippen molar-refractivity contribution in [3.05, 3.63) is 0 Å². The maximum absolute atomic E-state index is 12.5. The quantitative estimate of drug-likeness (QED) is 0.727. The minimum atomic E-state index is -0.665. The summed E-state index contributed by atoms with van der Waals surface area (Å²) in [6.45, 7) is 11.4. The minimum absolute atomic E-state index is 0.334. The first kappa shape index (κ1) is 19.7. The van der Waals surface area contributed by atoms with E-state index in [-0.39, 0.29) is 5.97 Å². The molecule has 0 bridgehead atoms. The van der Waals surface area contributed by atoms with Crippen LogP contribution >= 0.6 is 0 Å². The topological polar surface area (TPSA) is 65.1 Å². The molecule has 1 heterocycles. The van der Waals surface area contributed by atoms with Crippen molar-refractivity contribution in [1.82, 2.24) is 4.90 Å². The Morgan fingerprint density at radius 2 is 1.52 bits per heavy atom. The first-order valence-corrected chi connectivity index (χ1v) is 8.20. The van der Waals surface area contributed by atoms with Crippen LogP contribution in [0, 0.1) is 5.92 Å². The Balaban J connectivity index is 2.95. The molecular formula is C17H31NO5. The Labute approximate surface area is 139 Å². The van der Waals surface area contributed by atoms with Crippen LogP contribution in [0.4, 0.5) is 4.79 Å². The van der Waals surface area contributed by atoms with Gasteiger partial charge in [0.1, 0.15) is 23.3 Å².